The van der Waals surface area contributed by atoms with Crippen molar-refractivity contribution in [3.63, 3.8) is 0 Å². The second kappa shape index (κ2) is 11.1. The lowest BCUT2D eigenvalue weighted by Gasteiger charge is -2.17. The molecule has 0 aliphatic rings. The van der Waals surface area contributed by atoms with Gasteiger partial charge in [0.25, 0.3) is 0 Å². The zero-order valence-electron chi connectivity index (χ0n) is 19.1. The molecule has 4 rings (SSSR count). The molecule has 0 saturated carbocycles. The molecular formula is C28H24FN3O3. The van der Waals surface area contributed by atoms with Gasteiger partial charge in [-0.3, -0.25) is 9.59 Å². The summed E-state index contributed by atoms with van der Waals surface area (Å²) in [6, 6.07) is 27.2. The number of nitrogens with one attached hydrogen (secondary N) is 2. The Morgan fingerprint density at radius 3 is 2.17 bits per heavy atom. The number of amides is 2. The van der Waals surface area contributed by atoms with Gasteiger partial charge in [0.05, 0.1) is 5.69 Å². The van der Waals surface area contributed by atoms with Gasteiger partial charge in [-0.1, -0.05) is 36.4 Å². The van der Waals surface area contributed by atoms with Crippen LogP contribution in [-0.2, 0) is 16.0 Å². The Balaban J connectivity index is 1.45. The average Bonchev–Trinajstić information content (AvgIpc) is 2.86. The summed E-state index contributed by atoms with van der Waals surface area (Å²) < 4.78 is 18.8. The fraction of sp³-hybridized carbons (Fsp3) is 0.107. The van der Waals surface area contributed by atoms with Crippen molar-refractivity contribution in [2.24, 2.45) is 0 Å². The van der Waals surface area contributed by atoms with Gasteiger partial charge in [-0.15, -0.1) is 0 Å². The molecule has 1 atom stereocenters. The minimum atomic E-state index is -0.733. The van der Waals surface area contributed by atoms with E-state index in [0.29, 0.717) is 29.4 Å². The van der Waals surface area contributed by atoms with Crippen molar-refractivity contribution >= 4 is 17.6 Å². The maximum atomic E-state index is 13.1. The number of ether oxygens (including phenoxy) is 1. The lowest BCUT2D eigenvalue weighted by atomic mass is 10.1. The first-order valence-electron chi connectivity index (χ1n) is 11.1. The predicted molar refractivity (Wildman–Crippen MR) is 133 cm³/mol. The largest absolute Gasteiger partial charge is 0.457 e. The highest BCUT2D eigenvalue weighted by molar-refractivity contribution is 5.96. The fourth-order valence-corrected chi connectivity index (χ4v) is 3.52. The smallest absolute Gasteiger partial charge is 0.248 e. The molecule has 1 aromatic heterocycles. The number of rotatable bonds is 8. The van der Waals surface area contributed by atoms with Gasteiger partial charge in [0.2, 0.25) is 11.8 Å². The molecule has 0 bridgehead atoms. The number of nitrogens with zero attached hydrogens (tertiary/aromatic N) is 1. The summed E-state index contributed by atoms with van der Waals surface area (Å²) in [5, 5.41) is 5.52. The second-order valence-corrected chi connectivity index (χ2v) is 7.92. The third-order valence-corrected chi connectivity index (χ3v) is 5.18. The lowest BCUT2D eigenvalue weighted by Crippen LogP contribution is -2.44. The zero-order valence-corrected chi connectivity index (χ0v) is 19.1. The van der Waals surface area contributed by atoms with Crippen molar-refractivity contribution in [2.45, 2.75) is 19.4 Å². The number of aromatic nitrogens is 1. The van der Waals surface area contributed by atoms with E-state index >= 15 is 0 Å². The molecule has 0 fully saturated rings. The first-order chi connectivity index (χ1) is 17.0. The summed E-state index contributed by atoms with van der Waals surface area (Å²) in [7, 11) is 0. The summed E-state index contributed by atoms with van der Waals surface area (Å²) in [5.41, 5.74) is 2.43. The molecule has 1 heterocycles. The van der Waals surface area contributed by atoms with Crippen LogP contribution in [0, 0.1) is 5.82 Å². The van der Waals surface area contributed by atoms with E-state index in [1.807, 2.05) is 48.5 Å². The van der Waals surface area contributed by atoms with Gasteiger partial charge in [-0.25, -0.2) is 9.37 Å². The molecule has 3 aromatic carbocycles. The molecule has 0 saturated heterocycles. The van der Waals surface area contributed by atoms with Crippen molar-refractivity contribution in [3.05, 3.63) is 108 Å². The number of carbonyl (C=O) groups excluding carboxylic acids is 2. The number of anilines is 1. The molecule has 0 radical (unpaired) electrons. The van der Waals surface area contributed by atoms with E-state index in [0.717, 1.165) is 11.1 Å². The van der Waals surface area contributed by atoms with E-state index in [1.165, 1.54) is 19.1 Å². The Labute approximate surface area is 202 Å². The number of hydrogen-bond acceptors (Lipinski definition) is 4. The maximum absolute atomic E-state index is 13.1. The monoisotopic (exact) mass is 469 g/mol. The Hall–Kier alpha value is -4.52. The third kappa shape index (κ3) is 6.74. The van der Waals surface area contributed by atoms with Crippen LogP contribution in [0.4, 0.5) is 10.2 Å². The number of carbonyl (C=O) groups is 2. The topological polar surface area (TPSA) is 80.3 Å². The Kier molecular flexibility index (Phi) is 7.47. The third-order valence-electron chi connectivity index (χ3n) is 5.18. The molecule has 7 heteroatoms. The first kappa shape index (κ1) is 23.6. The minimum Gasteiger partial charge on any atom is -0.457 e. The van der Waals surface area contributed by atoms with Gasteiger partial charge in [0, 0.05) is 18.9 Å². The van der Waals surface area contributed by atoms with Crippen LogP contribution in [0.1, 0.15) is 12.5 Å². The van der Waals surface area contributed by atoms with Gasteiger partial charge in [-0.05, 0) is 66.2 Å². The van der Waals surface area contributed by atoms with E-state index < -0.39 is 6.04 Å². The summed E-state index contributed by atoms with van der Waals surface area (Å²) in [4.78, 5) is 29.1. The van der Waals surface area contributed by atoms with Crippen molar-refractivity contribution in [1.82, 2.24) is 10.3 Å². The number of pyridine rings is 1. The van der Waals surface area contributed by atoms with E-state index in [4.69, 9.17) is 4.74 Å². The molecule has 6 nitrogen and oxygen atoms in total. The van der Waals surface area contributed by atoms with E-state index in [9.17, 15) is 14.0 Å². The molecule has 35 heavy (non-hydrogen) atoms. The number of halogens is 1. The average molecular weight is 470 g/mol. The van der Waals surface area contributed by atoms with Crippen LogP contribution < -0.4 is 15.4 Å². The molecule has 0 aliphatic heterocycles. The molecule has 2 amide bonds. The lowest BCUT2D eigenvalue weighted by molar-refractivity contribution is -0.125. The Morgan fingerprint density at radius 2 is 1.51 bits per heavy atom. The van der Waals surface area contributed by atoms with E-state index in [-0.39, 0.29) is 17.6 Å². The SMILES string of the molecule is CC(=O)NC(Cc1ccccc1)C(=O)Nc1cccc(-c2ccc(Oc3ccc(F)cc3)cc2)n1. The van der Waals surface area contributed by atoms with Crippen molar-refractivity contribution in [1.29, 1.82) is 0 Å². The highest BCUT2D eigenvalue weighted by atomic mass is 19.1. The molecule has 4 aromatic rings. The maximum Gasteiger partial charge on any atom is 0.248 e. The van der Waals surface area contributed by atoms with Gasteiger partial charge < -0.3 is 15.4 Å². The van der Waals surface area contributed by atoms with Crippen LogP contribution in [0.2, 0.25) is 0 Å². The molecule has 2 N–H and O–H groups in total. The fourth-order valence-electron chi connectivity index (χ4n) is 3.52. The van der Waals surface area contributed by atoms with Crippen molar-refractivity contribution in [2.75, 3.05) is 5.32 Å². The highest BCUT2D eigenvalue weighted by Gasteiger charge is 2.20. The van der Waals surface area contributed by atoms with Gasteiger partial charge in [0.15, 0.2) is 0 Å². The van der Waals surface area contributed by atoms with Gasteiger partial charge in [-0.2, -0.15) is 0 Å². The van der Waals surface area contributed by atoms with Crippen LogP contribution >= 0.6 is 0 Å². The zero-order chi connectivity index (χ0) is 24.6. The normalized spacial score (nSPS) is 11.4. The standard InChI is InChI=1S/C28H24FN3O3/c1-19(33)30-26(18-20-6-3-2-4-7-20)28(34)32-27-9-5-8-25(31-27)21-10-14-23(15-11-21)35-24-16-12-22(29)13-17-24/h2-17,26H,18H2,1H3,(H,30,33)(H,31,32,34). The first-order valence-corrected chi connectivity index (χ1v) is 11.1. The van der Waals surface area contributed by atoms with Crippen LogP contribution in [0.3, 0.4) is 0 Å². The highest BCUT2D eigenvalue weighted by Crippen LogP contribution is 2.26. The summed E-state index contributed by atoms with van der Waals surface area (Å²) >= 11 is 0. The quantitative estimate of drug-likeness (QED) is 0.364. The molecular weight excluding hydrogens is 445 g/mol. The Morgan fingerprint density at radius 1 is 0.857 bits per heavy atom. The minimum absolute atomic E-state index is 0.286. The summed E-state index contributed by atoms with van der Waals surface area (Å²) in [5.74, 6) is 0.550. The molecule has 0 aliphatic carbocycles. The van der Waals surface area contributed by atoms with Crippen LogP contribution in [0.15, 0.2) is 97.1 Å². The number of hydrogen-bond donors (Lipinski definition) is 2. The van der Waals surface area contributed by atoms with Crippen LogP contribution in [0.25, 0.3) is 11.3 Å². The molecule has 176 valence electrons. The molecule has 1 unspecified atom stereocenters. The van der Waals surface area contributed by atoms with Crippen molar-refractivity contribution in [3.8, 4) is 22.8 Å². The van der Waals surface area contributed by atoms with Gasteiger partial charge >= 0.3 is 0 Å². The van der Waals surface area contributed by atoms with Crippen LogP contribution in [-0.4, -0.2) is 22.8 Å². The van der Waals surface area contributed by atoms with Gasteiger partial charge in [0.1, 0.15) is 29.2 Å². The Bertz CT molecular complexity index is 1290. The summed E-state index contributed by atoms with van der Waals surface area (Å²) in [6.45, 7) is 1.38. The number of benzene rings is 3. The van der Waals surface area contributed by atoms with Crippen molar-refractivity contribution < 1.29 is 18.7 Å². The second-order valence-electron chi connectivity index (χ2n) is 7.92. The van der Waals surface area contributed by atoms with E-state index in [2.05, 4.69) is 15.6 Å². The predicted octanol–water partition coefficient (Wildman–Crippen LogP) is 5.37. The van der Waals surface area contributed by atoms with Crippen LogP contribution in [0.5, 0.6) is 11.5 Å². The summed E-state index contributed by atoms with van der Waals surface area (Å²) in [6.07, 6.45) is 0.363. The molecule has 0 spiro atoms. The van der Waals surface area contributed by atoms with E-state index in [1.54, 1.807) is 36.4 Å².